The van der Waals surface area contributed by atoms with E-state index in [2.05, 4.69) is 0 Å². The molecule has 130 valence electrons. The lowest BCUT2D eigenvalue weighted by molar-refractivity contribution is -0.385. The number of benzene rings is 2. The molecule has 0 spiro atoms. The van der Waals surface area contributed by atoms with Crippen molar-refractivity contribution >= 4 is 38.3 Å². The number of hydrogen-bond acceptors (Lipinski definition) is 7. The van der Waals surface area contributed by atoms with Gasteiger partial charge in [0.25, 0.3) is 10.9 Å². The number of ether oxygens (including phenoxy) is 1. The van der Waals surface area contributed by atoms with Crippen molar-refractivity contribution in [1.82, 2.24) is 0 Å². The second kappa shape index (κ2) is 6.99. The van der Waals surface area contributed by atoms with Gasteiger partial charge in [0, 0.05) is 12.3 Å². The van der Waals surface area contributed by atoms with Crippen LogP contribution in [0, 0.1) is 10.1 Å². The maximum absolute atomic E-state index is 12.2. The van der Waals surface area contributed by atoms with Gasteiger partial charge in [-0.1, -0.05) is 12.1 Å². The van der Waals surface area contributed by atoms with E-state index in [-0.39, 0.29) is 16.2 Å². The Bertz CT molecular complexity index is 985. The summed E-state index contributed by atoms with van der Waals surface area (Å²) in [5.41, 5.74) is -1.29. The molecule has 0 saturated heterocycles. The van der Waals surface area contributed by atoms with Gasteiger partial charge in [-0.15, -0.1) is 0 Å². The number of halogens is 1. The summed E-state index contributed by atoms with van der Waals surface area (Å²) in [4.78, 5) is 33.5. The monoisotopic (exact) mass is 383 g/mol. The van der Waals surface area contributed by atoms with E-state index in [1.165, 1.54) is 24.3 Å². The van der Waals surface area contributed by atoms with Gasteiger partial charge in [-0.05, 0) is 35.9 Å². The summed E-state index contributed by atoms with van der Waals surface area (Å²) in [5, 5.41) is 10.3. The van der Waals surface area contributed by atoms with Gasteiger partial charge in [0.05, 0.1) is 15.4 Å². The highest BCUT2D eigenvalue weighted by Crippen LogP contribution is 2.26. The fourth-order valence-electron chi connectivity index (χ4n) is 1.94. The summed E-state index contributed by atoms with van der Waals surface area (Å²) < 4.78 is 28.0. The van der Waals surface area contributed by atoms with Crippen molar-refractivity contribution in [3.8, 4) is 5.75 Å². The van der Waals surface area contributed by atoms with Crippen LogP contribution in [-0.4, -0.2) is 30.8 Å². The summed E-state index contributed by atoms with van der Waals surface area (Å²) in [7, 11) is -3.70. The van der Waals surface area contributed by atoms with Gasteiger partial charge in [-0.25, -0.2) is 13.2 Å². The van der Waals surface area contributed by atoms with Gasteiger partial charge in [-0.2, -0.15) is 0 Å². The molecule has 10 heteroatoms. The molecule has 2 aromatic carbocycles. The predicted molar refractivity (Wildman–Crippen MR) is 87.8 cm³/mol. The molecule has 0 radical (unpaired) electrons. The van der Waals surface area contributed by atoms with Crippen LogP contribution in [0.2, 0.25) is 0 Å². The van der Waals surface area contributed by atoms with Crippen molar-refractivity contribution in [2.75, 3.05) is 6.26 Å². The van der Waals surface area contributed by atoms with Gasteiger partial charge in [0.1, 0.15) is 11.3 Å². The first-order valence-corrected chi connectivity index (χ1v) is 8.87. The summed E-state index contributed by atoms with van der Waals surface area (Å²) in [6, 6.07) is 8.39. The maximum atomic E-state index is 12.2. The normalized spacial score (nSPS) is 11.0. The summed E-state index contributed by atoms with van der Waals surface area (Å²) in [6.07, 6.45) is 0.881. The van der Waals surface area contributed by atoms with E-state index < -0.39 is 37.2 Å². The van der Waals surface area contributed by atoms with Crippen LogP contribution in [0.3, 0.4) is 0 Å². The molecule has 0 aliphatic rings. The minimum atomic E-state index is -3.70. The fraction of sp³-hybridized carbons (Fsp3) is 0.0667. The van der Waals surface area contributed by atoms with Crippen molar-refractivity contribution in [3.63, 3.8) is 0 Å². The quantitative estimate of drug-likeness (QED) is 0.256. The topological polar surface area (TPSA) is 121 Å². The predicted octanol–water partition coefficient (Wildman–Crippen LogP) is 2.60. The molecule has 0 fully saturated rings. The molecule has 0 aromatic heterocycles. The first kappa shape index (κ1) is 18.6. The zero-order chi connectivity index (χ0) is 18.8. The number of rotatable bonds is 5. The lowest BCUT2D eigenvalue weighted by atomic mass is 10.1. The first-order valence-electron chi connectivity index (χ1n) is 6.61. The van der Waals surface area contributed by atoms with Crippen LogP contribution in [0.1, 0.15) is 20.7 Å². The van der Waals surface area contributed by atoms with Crippen molar-refractivity contribution in [3.05, 3.63) is 63.7 Å². The van der Waals surface area contributed by atoms with E-state index in [1.54, 1.807) is 0 Å². The molecule has 0 heterocycles. The summed E-state index contributed by atoms with van der Waals surface area (Å²) >= 11 is 5.39. The van der Waals surface area contributed by atoms with E-state index in [1.807, 2.05) is 0 Å². The van der Waals surface area contributed by atoms with E-state index in [0.29, 0.717) is 0 Å². The smallest absolute Gasteiger partial charge is 0.350 e. The summed E-state index contributed by atoms with van der Waals surface area (Å²) in [6.45, 7) is 0. The molecule has 2 rings (SSSR count). The zero-order valence-electron chi connectivity index (χ0n) is 12.6. The standard InChI is InChI=1S/C15H10ClNO7S/c1-25(22,23)9-6-7-10(12(8-9)17(20)21)15(19)24-13-5-3-2-4-11(13)14(16)18/h2-8H,1H3. The molecule has 0 bridgehead atoms. The molecule has 0 atom stereocenters. The highest BCUT2D eigenvalue weighted by Gasteiger charge is 2.25. The average molecular weight is 384 g/mol. The molecule has 0 unspecified atom stereocenters. The van der Waals surface area contributed by atoms with Crippen LogP contribution >= 0.6 is 11.6 Å². The van der Waals surface area contributed by atoms with Crippen molar-refractivity contribution < 1.29 is 27.7 Å². The minimum absolute atomic E-state index is 0.0899. The van der Waals surface area contributed by atoms with Crippen LogP contribution in [0.5, 0.6) is 5.75 Å². The second-order valence-electron chi connectivity index (χ2n) is 4.87. The highest BCUT2D eigenvalue weighted by atomic mass is 35.5. The fourth-order valence-corrected chi connectivity index (χ4v) is 2.74. The SMILES string of the molecule is CS(=O)(=O)c1ccc(C(=O)Oc2ccccc2C(=O)Cl)c([N+](=O)[O-])c1. The van der Waals surface area contributed by atoms with Crippen molar-refractivity contribution in [1.29, 1.82) is 0 Å². The molecule has 25 heavy (non-hydrogen) atoms. The number of nitrogens with zero attached hydrogens (tertiary/aromatic N) is 1. The molecule has 2 aromatic rings. The van der Waals surface area contributed by atoms with Gasteiger partial charge in [0.15, 0.2) is 9.84 Å². The van der Waals surface area contributed by atoms with E-state index in [9.17, 15) is 28.1 Å². The lowest BCUT2D eigenvalue weighted by Crippen LogP contribution is -2.13. The van der Waals surface area contributed by atoms with Crippen LogP contribution in [0.15, 0.2) is 47.4 Å². The summed E-state index contributed by atoms with van der Waals surface area (Å²) in [5.74, 6) is -1.30. The van der Waals surface area contributed by atoms with Gasteiger partial charge in [-0.3, -0.25) is 14.9 Å². The minimum Gasteiger partial charge on any atom is -0.422 e. The third kappa shape index (κ3) is 4.20. The maximum Gasteiger partial charge on any atom is 0.350 e. The third-order valence-corrected chi connectivity index (χ3v) is 4.43. The van der Waals surface area contributed by atoms with E-state index in [0.717, 1.165) is 24.5 Å². The molecular weight excluding hydrogens is 374 g/mol. The molecule has 0 N–H and O–H groups in total. The number of carbonyl (C=O) groups is 2. The van der Waals surface area contributed by atoms with Gasteiger partial charge >= 0.3 is 5.97 Å². The number of esters is 1. The van der Waals surface area contributed by atoms with E-state index in [4.69, 9.17) is 16.3 Å². The Morgan fingerprint density at radius 1 is 1.12 bits per heavy atom. The van der Waals surface area contributed by atoms with Crippen LogP contribution < -0.4 is 4.74 Å². The van der Waals surface area contributed by atoms with Crippen molar-refractivity contribution in [2.24, 2.45) is 0 Å². The molecule has 8 nitrogen and oxygen atoms in total. The first-order chi connectivity index (χ1) is 11.6. The number of nitro groups is 1. The highest BCUT2D eigenvalue weighted by molar-refractivity contribution is 7.90. The Labute approximate surface area is 147 Å². The Kier molecular flexibility index (Phi) is 5.19. The Morgan fingerprint density at radius 3 is 2.32 bits per heavy atom. The lowest BCUT2D eigenvalue weighted by Gasteiger charge is -2.08. The van der Waals surface area contributed by atoms with Crippen molar-refractivity contribution in [2.45, 2.75) is 4.90 Å². The third-order valence-electron chi connectivity index (χ3n) is 3.12. The van der Waals surface area contributed by atoms with Gasteiger partial charge < -0.3 is 4.74 Å². The Hall–Kier alpha value is -2.78. The zero-order valence-corrected chi connectivity index (χ0v) is 14.2. The number of nitro benzene ring substituents is 1. The van der Waals surface area contributed by atoms with Gasteiger partial charge in [0.2, 0.25) is 0 Å². The average Bonchev–Trinajstić information content (AvgIpc) is 2.53. The molecule has 0 amide bonds. The largest absolute Gasteiger partial charge is 0.422 e. The Balaban J connectivity index is 2.47. The molecule has 0 saturated carbocycles. The van der Waals surface area contributed by atoms with Crippen LogP contribution in [-0.2, 0) is 9.84 Å². The van der Waals surface area contributed by atoms with E-state index >= 15 is 0 Å². The Morgan fingerprint density at radius 2 is 1.76 bits per heavy atom. The molecule has 0 aliphatic heterocycles. The molecular formula is C15H10ClNO7S. The number of sulfone groups is 1. The number of carbonyl (C=O) groups excluding carboxylic acids is 2. The van der Waals surface area contributed by atoms with Crippen LogP contribution in [0.25, 0.3) is 0 Å². The molecule has 0 aliphatic carbocycles. The second-order valence-corrected chi connectivity index (χ2v) is 7.23. The van der Waals surface area contributed by atoms with Crippen LogP contribution in [0.4, 0.5) is 5.69 Å². The number of hydrogen-bond donors (Lipinski definition) is 0. The number of para-hydroxylation sites is 1.